The molecule has 12 heteroatoms. The van der Waals surface area contributed by atoms with Crippen molar-refractivity contribution < 1.29 is 27.4 Å². The van der Waals surface area contributed by atoms with Crippen LogP contribution in [0.3, 0.4) is 0 Å². The van der Waals surface area contributed by atoms with E-state index in [1.807, 2.05) is 4.57 Å². The fourth-order valence-electron chi connectivity index (χ4n) is 3.93. The Morgan fingerprint density at radius 3 is 2.76 bits per heavy atom. The molecule has 2 aromatic carbocycles. The van der Waals surface area contributed by atoms with Gasteiger partial charge in [0.2, 0.25) is 0 Å². The normalized spacial score (nSPS) is 15.8. The van der Waals surface area contributed by atoms with Gasteiger partial charge in [-0.2, -0.15) is 5.10 Å². The summed E-state index contributed by atoms with van der Waals surface area (Å²) in [5.74, 6) is -0.0497. The van der Waals surface area contributed by atoms with E-state index in [1.165, 1.54) is 24.3 Å². The predicted octanol–water partition coefficient (Wildman–Crippen LogP) is 4.89. The van der Waals surface area contributed by atoms with Crippen LogP contribution in [0.25, 0.3) is 22.3 Å². The molecule has 1 aliphatic rings. The first kappa shape index (κ1) is 22.2. The number of hydrogen-bond donors (Lipinski definition) is 2. The highest BCUT2D eigenvalue weighted by Gasteiger charge is 2.28. The van der Waals surface area contributed by atoms with E-state index in [0.717, 1.165) is 0 Å². The minimum atomic E-state index is -3.83. The van der Waals surface area contributed by atoms with Crippen LogP contribution >= 0.6 is 11.6 Å². The largest absolute Gasteiger partial charge is 0.487 e. The average Bonchev–Trinajstić information content (AvgIpc) is 3.46. The van der Waals surface area contributed by atoms with E-state index in [-0.39, 0.29) is 24.5 Å². The summed E-state index contributed by atoms with van der Waals surface area (Å²) in [6.07, 6.45) is 1.57. The number of aromatic amines is 1. The van der Waals surface area contributed by atoms with Crippen molar-refractivity contribution in [1.82, 2.24) is 19.7 Å². The highest BCUT2D eigenvalue weighted by atomic mass is 35.5. The number of benzene rings is 2. The number of nitrogens with zero attached hydrogens (tertiary/aromatic N) is 3. The Bertz CT molecular complexity index is 1340. The molecule has 0 radical (unpaired) electrons. The number of nitrogens with one attached hydrogen (secondary N) is 2. The molecule has 0 bridgehead atoms. The van der Waals surface area contributed by atoms with Gasteiger partial charge in [-0.15, -0.1) is 8.78 Å². The monoisotopic (exact) mass is 491 g/mol. The number of ether oxygens (including phenoxy) is 2. The molecule has 5 rings (SSSR count). The van der Waals surface area contributed by atoms with Crippen LogP contribution in [0.5, 0.6) is 5.75 Å². The molecule has 176 valence electrons. The number of carbonyl (C=O) groups is 1. The minimum Gasteiger partial charge on any atom is -0.420 e. The molecule has 1 aliphatic heterocycles. The Morgan fingerprint density at radius 1 is 1.29 bits per heavy atom. The van der Waals surface area contributed by atoms with E-state index in [1.54, 1.807) is 24.4 Å². The summed E-state index contributed by atoms with van der Waals surface area (Å²) in [4.78, 5) is 17.6. The summed E-state index contributed by atoms with van der Waals surface area (Å²) >= 11 is 4.76. The van der Waals surface area contributed by atoms with Crippen LogP contribution in [0.4, 0.5) is 18.9 Å². The maximum atomic E-state index is 13.7. The Kier molecular flexibility index (Phi) is 5.66. The zero-order chi connectivity index (χ0) is 23.9. The lowest BCUT2D eigenvalue weighted by molar-refractivity contribution is -0.0964. The third-order valence-electron chi connectivity index (χ3n) is 5.34. The molecule has 2 N–H and O–H groups in total. The van der Waals surface area contributed by atoms with Gasteiger partial charge in [0, 0.05) is 34.6 Å². The second kappa shape index (κ2) is 8.65. The van der Waals surface area contributed by atoms with E-state index in [9.17, 15) is 18.0 Å². The summed E-state index contributed by atoms with van der Waals surface area (Å²) in [5.41, 5.74) is -0.748. The third-order valence-corrected chi connectivity index (χ3v) is 5.42. The van der Waals surface area contributed by atoms with Crippen molar-refractivity contribution in [3.8, 4) is 17.0 Å². The number of rotatable bonds is 6. The molecule has 1 atom stereocenters. The molecule has 0 aliphatic carbocycles. The third kappa shape index (κ3) is 4.31. The lowest BCUT2D eigenvalue weighted by Crippen LogP contribution is -2.25. The number of fused-ring (bicyclic) bond motifs is 3. The first-order valence-electron chi connectivity index (χ1n) is 10.2. The van der Waals surface area contributed by atoms with Gasteiger partial charge in [-0.3, -0.25) is 9.89 Å². The number of aromatic nitrogens is 4. The molecular formula is C22H17ClF3N5O3. The van der Waals surface area contributed by atoms with Crippen LogP contribution in [0.15, 0.2) is 48.7 Å². The molecule has 4 aromatic rings. The van der Waals surface area contributed by atoms with Gasteiger partial charge in [0.1, 0.15) is 24.9 Å². The Hall–Kier alpha value is -3.57. The van der Waals surface area contributed by atoms with Crippen LogP contribution in [-0.2, 0) is 11.3 Å². The topological polar surface area (TPSA) is 94.1 Å². The van der Waals surface area contributed by atoms with Crippen molar-refractivity contribution in [2.45, 2.75) is 18.2 Å². The summed E-state index contributed by atoms with van der Waals surface area (Å²) < 4.78 is 50.9. The fraction of sp³-hybridized carbons (Fsp3) is 0.227. The van der Waals surface area contributed by atoms with Crippen LogP contribution in [0, 0.1) is 0 Å². The predicted molar refractivity (Wildman–Crippen MR) is 118 cm³/mol. The van der Waals surface area contributed by atoms with Crippen molar-refractivity contribution >= 4 is 34.2 Å². The van der Waals surface area contributed by atoms with Gasteiger partial charge in [-0.1, -0.05) is 0 Å². The quantitative estimate of drug-likeness (QED) is 0.375. The first-order valence-corrected chi connectivity index (χ1v) is 10.6. The van der Waals surface area contributed by atoms with E-state index >= 15 is 0 Å². The minimum absolute atomic E-state index is 0.158. The number of hydrogen-bond acceptors (Lipinski definition) is 5. The Morgan fingerprint density at radius 2 is 2.09 bits per heavy atom. The second-order valence-electron chi connectivity index (χ2n) is 7.61. The number of carbonyl (C=O) groups excluding carboxylic acids is 1. The van der Waals surface area contributed by atoms with Gasteiger partial charge in [0.05, 0.1) is 29.4 Å². The van der Waals surface area contributed by atoms with E-state index in [4.69, 9.17) is 16.3 Å². The number of anilines is 1. The van der Waals surface area contributed by atoms with Crippen LogP contribution in [0.1, 0.15) is 22.2 Å². The molecule has 2 aromatic heterocycles. The summed E-state index contributed by atoms with van der Waals surface area (Å²) in [7, 11) is 0. The van der Waals surface area contributed by atoms with Gasteiger partial charge >= 0.3 is 5.57 Å². The Balaban J connectivity index is 1.51. The molecule has 0 spiro atoms. The number of halogens is 4. The molecular weight excluding hydrogens is 475 g/mol. The van der Waals surface area contributed by atoms with Gasteiger partial charge in [0.25, 0.3) is 5.91 Å². The van der Waals surface area contributed by atoms with Crippen LogP contribution in [0.2, 0.25) is 0 Å². The molecule has 3 heterocycles. The van der Waals surface area contributed by atoms with Gasteiger partial charge in [-0.25, -0.2) is 9.37 Å². The number of amides is 1. The molecule has 0 saturated heterocycles. The zero-order valence-corrected chi connectivity index (χ0v) is 18.2. The van der Waals surface area contributed by atoms with E-state index in [0.29, 0.717) is 33.8 Å². The van der Waals surface area contributed by atoms with Gasteiger partial charge in [0.15, 0.2) is 0 Å². The highest BCUT2D eigenvalue weighted by Crippen LogP contribution is 2.34. The molecule has 8 nitrogen and oxygen atoms in total. The summed E-state index contributed by atoms with van der Waals surface area (Å²) in [6.45, 7) is -0.182. The van der Waals surface area contributed by atoms with Crippen molar-refractivity contribution in [3.05, 3.63) is 60.0 Å². The van der Waals surface area contributed by atoms with Crippen molar-refractivity contribution in [2.24, 2.45) is 0 Å². The van der Waals surface area contributed by atoms with E-state index < -0.39 is 24.2 Å². The summed E-state index contributed by atoms with van der Waals surface area (Å²) in [5, 5.41) is 9.58. The molecule has 0 saturated carbocycles. The lowest BCUT2D eigenvalue weighted by atomic mass is 10.0. The molecule has 1 unspecified atom stereocenters. The lowest BCUT2D eigenvalue weighted by Gasteiger charge is -2.24. The van der Waals surface area contributed by atoms with Gasteiger partial charge < -0.3 is 19.4 Å². The fourth-order valence-corrected chi connectivity index (χ4v) is 4.02. The molecule has 0 fully saturated rings. The maximum Gasteiger partial charge on any atom is 0.487 e. The second-order valence-corrected chi connectivity index (χ2v) is 8.05. The number of imidazole rings is 1. The van der Waals surface area contributed by atoms with Gasteiger partial charge in [-0.05, 0) is 42.5 Å². The first-order chi connectivity index (χ1) is 16.3. The SMILES string of the molecule is O=C(Nc1ccc(OC(F)(F)Cl)cc1)c1cc(-c2ccn[nH]2)c2c(c1)nc1n2C(CF)COC1. The van der Waals surface area contributed by atoms with Crippen molar-refractivity contribution in [2.75, 3.05) is 18.6 Å². The van der Waals surface area contributed by atoms with Crippen LogP contribution < -0.4 is 10.1 Å². The average molecular weight is 492 g/mol. The molecule has 1 amide bonds. The number of alkyl halides is 4. The maximum absolute atomic E-state index is 13.7. The highest BCUT2D eigenvalue weighted by molar-refractivity contribution is 6.20. The van der Waals surface area contributed by atoms with E-state index in [2.05, 4.69) is 25.2 Å². The number of H-pyrrole nitrogens is 1. The summed E-state index contributed by atoms with van der Waals surface area (Å²) in [6, 6.07) is 9.80. The smallest absolute Gasteiger partial charge is 0.420 e. The van der Waals surface area contributed by atoms with Crippen LogP contribution in [-0.4, -0.2) is 44.5 Å². The zero-order valence-electron chi connectivity index (χ0n) is 17.4. The van der Waals surface area contributed by atoms with Crippen molar-refractivity contribution in [3.63, 3.8) is 0 Å². The van der Waals surface area contributed by atoms with Crippen molar-refractivity contribution in [1.29, 1.82) is 0 Å². The molecule has 34 heavy (non-hydrogen) atoms. The Labute approximate surface area is 195 Å². The standard InChI is InChI=1S/C22H17ClF3N5O3/c23-22(25,26)34-15-3-1-13(2-4-15)28-21(32)12-7-16(17-5-6-27-30-17)20-18(8-12)29-19-11-33-10-14(9-24)31(19)20/h1-8,14H,9-11H2,(H,27,30)(H,28,32).